The molecule has 2 amide bonds. The monoisotopic (exact) mass is 429 g/mol. The Morgan fingerprint density at radius 2 is 1.57 bits per heavy atom. The highest BCUT2D eigenvalue weighted by Gasteiger charge is 2.35. The Morgan fingerprint density at radius 3 is 2.20 bits per heavy atom. The number of imide groups is 1. The van der Waals surface area contributed by atoms with Gasteiger partial charge >= 0.3 is 0 Å². The summed E-state index contributed by atoms with van der Waals surface area (Å²) in [5, 5.41) is -0.335. The fourth-order valence-corrected chi connectivity index (χ4v) is 3.74. The zero-order valence-electron chi connectivity index (χ0n) is 17.3. The second-order valence-corrected chi connectivity index (χ2v) is 7.44. The van der Waals surface area contributed by atoms with Crippen molar-refractivity contribution >= 4 is 29.0 Å². The molecule has 0 spiro atoms. The van der Waals surface area contributed by atoms with Gasteiger partial charge in [0.1, 0.15) is 18.1 Å². The van der Waals surface area contributed by atoms with Gasteiger partial charge in [-0.3, -0.25) is 14.5 Å². The van der Waals surface area contributed by atoms with Gasteiger partial charge in [-0.1, -0.05) is 17.7 Å². The number of hydrogen-bond acceptors (Lipinski definition) is 7. The molecule has 0 aromatic heterocycles. The molecule has 8 heteroatoms. The number of ether oxygens (including phenoxy) is 4. The second kappa shape index (κ2) is 9.58. The van der Waals surface area contributed by atoms with Crippen molar-refractivity contribution < 1.29 is 28.5 Å². The van der Waals surface area contributed by atoms with E-state index < -0.39 is 0 Å². The molecule has 2 aromatic rings. The highest BCUT2D eigenvalue weighted by molar-refractivity contribution is 8.18. The lowest BCUT2D eigenvalue weighted by Crippen LogP contribution is -2.32. The number of rotatable bonds is 8. The maximum absolute atomic E-state index is 12.7. The van der Waals surface area contributed by atoms with Crippen molar-refractivity contribution in [2.75, 3.05) is 34.5 Å². The van der Waals surface area contributed by atoms with Crippen molar-refractivity contribution in [3.8, 4) is 23.0 Å². The van der Waals surface area contributed by atoms with E-state index in [4.69, 9.17) is 18.9 Å². The summed E-state index contributed by atoms with van der Waals surface area (Å²) in [6, 6.07) is 11.0. The number of carbonyl (C=O) groups is 2. The fourth-order valence-electron chi connectivity index (χ4n) is 2.89. The van der Waals surface area contributed by atoms with Crippen LogP contribution in [0.3, 0.4) is 0 Å². The third kappa shape index (κ3) is 4.71. The van der Waals surface area contributed by atoms with Gasteiger partial charge in [0.15, 0.2) is 11.5 Å². The number of amides is 2. The number of hydrogen-bond donors (Lipinski definition) is 0. The fraction of sp³-hybridized carbons (Fsp3) is 0.273. The number of nitrogens with zero attached hydrogens (tertiary/aromatic N) is 1. The summed E-state index contributed by atoms with van der Waals surface area (Å²) in [7, 11) is 4.57. The first-order valence-electron chi connectivity index (χ1n) is 9.21. The molecule has 1 fully saturated rings. The summed E-state index contributed by atoms with van der Waals surface area (Å²) in [5.41, 5.74) is 1.74. The van der Waals surface area contributed by atoms with Gasteiger partial charge in [0.2, 0.25) is 0 Å². The van der Waals surface area contributed by atoms with Gasteiger partial charge in [0.05, 0.1) is 32.8 Å². The molecule has 0 aliphatic carbocycles. The minimum Gasteiger partial charge on any atom is -0.496 e. The molecule has 158 valence electrons. The molecular weight excluding hydrogens is 406 g/mol. The average Bonchev–Trinajstić information content (AvgIpc) is 3.02. The first-order chi connectivity index (χ1) is 14.5. The molecular formula is C22H23NO6S. The van der Waals surface area contributed by atoms with E-state index in [9.17, 15) is 9.59 Å². The van der Waals surface area contributed by atoms with Gasteiger partial charge in [0.25, 0.3) is 11.1 Å². The van der Waals surface area contributed by atoms with Crippen LogP contribution >= 0.6 is 11.8 Å². The summed E-state index contributed by atoms with van der Waals surface area (Å²) < 4.78 is 21.6. The molecule has 1 aliphatic heterocycles. The Kier molecular flexibility index (Phi) is 6.89. The topological polar surface area (TPSA) is 74.3 Å². The third-order valence-corrected chi connectivity index (χ3v) is 5.41. The molecule has 1 aliphatic rings. The van der Waals surface area contributed by atoms with E-state index in [1.54, 1.807) is 18.2 Å². The molecule has 3 rings (SSSR count). The molecule has 0 saturated carbocycles. The number of thioether (sulfide) groups is 1. The standard InChI is InChI=1S/C22H23NO6S/c1-14-5-7-16(8-6-14)29-10-9-23-21(24)20(30-22(23)25)12-15-11-18(27-3)19(28-4)13-17(15)26-2/h5-8,11-13H,9-10H2,1-4H3. The Labute approximate surface area is 179 Å². The van der Waals surface area contributed by atoms with Crippen LogP contribution in [0, 0.1) is 6.92 Å². The van der Waals surface area contributed by atoms with E-state index in [2.05, 4.69) is 0 Å². The molecule has 0 radical (unpaired) electrons. The predicted octanol–water partition coefficient (Wildman–Crippen LogP) is 4.14. The van der Waals surface area contributed by atoms with Crippen LogP contribution in [0.2, 0.25) is 0 Å². The Morgan fingerprint density at radius 1 is 0.933 bits per heavy atom. The van der Waals surface area contributed by atoms with E-state index in [1.165, 1.54) is 26.2 Å². The van der Waals surface area contributed by atoms with E-state index in [0.29, 0.717) is 33.5 Å². The molecule has 30 heavy (non-hydrogen) atoms. The Balaban J connectivity index is 1.73. The summed E-state index contributed by atoms with van der Waals surface area (Å²) >= 11 is 0.883. The second-order valence-electron chi connectivity index (χ2n) is 6.44. The lowest BCUT2D eigenvalue weighted by atomic mass is 10.1. The van der Waals surface area contributed by atoms with Crippen LogP contribution in [-0.4, -0.2) is 50.5 Å². The van der Waals surface area contributed by atoms with Crippen LogP contribution in [0.25, 0.3) is 6.08 Å². The van der Waals surface area contributed by atoms with E-state index in [1.807, 2.05) is 31.2 Å². The van der Waals surface area contributed by atoms with Crippen LogP contribution in [-0.2, 0) is 4.79 Å². The first kappa shape index (κ1) is 21.6. The summed E-state index contributed by atoms with van der Waals surface area (Å²) in [6.45, 7) is 2.37. The summed E-state index contributed by atoms with van der Waals surface area (Å²) in [5.74, 6) is 1.83. The number of carbonyl (C=O) groups excluding carboxylic acids is 2. The zero-order chi connectivity index (χ0) is 21.7. The van der Waals surface area contributed by atoms with Crippen LogP contribution < -0.4 is 18.9 Å². The van der Waals surface area contributed by atoms with Crippen LogP contribution in [0.4, 0.5) is 4.79 Å². The molecule has 1 saturated heterocycles. The van der Waals surface area contributed by atoms with Crippen molar-refractivity contribution in [3.63, 3.8) is 0 Å². The highest BCUT2D eigenvalue weighted by atomic mass is 32.2. The van der Waals surface area contributed by atoms with Crippen LogP contribution in [0.5, 0.6) is 23.0 Å². The van der Waals surface area contributed by atoms with Gasteiger partial charge in [0, 0.05) is 11.6 Å². The Hall–Kier alpha value is -3.13. The van der Waals surface area contributed by atoms with Gasteiger partial charge in [-0.15, -0.1) is 0 Å². The number of aryl methyl sites for hydroxylation is 1. The van der Waals surface area contributed by atoms with Crippen LogP contribution in [0.1, 0.15) is 11.1 Å². The van der Waals surface area contributed by atoms with E-state index >= 15 is 0 Å². The average molecular weight is 429 g/mol. The molecule has 0 N–H and O–H groups in total. The lowest BCUT2D eigenvalue weighted by Gasteiger charge is -2.14. The zero-order valence-corrected chi connectivity index (χ0v) is 18.1. The molecule has 0 atom stereocenters. The quantitative estimate of drug-likeness (QED) is 0.584. The van der Waals surface area contributed by atoms with Gasteiger partial charge in [-0.2, -0.15) is 0 Å². The third-order valence-electron chi connectivity index (χ3n) is 4.50. The largest absolute Gasteiger partial charge is 0.496 e. The lowest BCUT2D eigenvalue weighted by molar-refractivity contribution is -0.123. The van der Waals surface area contributed by atoms with Crippen molar-refractivity contribution in [3.05, 3.63) is 52.4 Å². The van der Waals surface area contributed by atoms with Crippen molar-refractivity contribution in [1.82, 2.24) is 4.90 Å². The molecule has 0 unspecified atom stereocenters. The molecule has 7 nitrogen and oxygen atoms in total. The SMILES string of the molecule is COc1cc(OC)c(OC)cc1C=C1SC(=O)N(CCOc2ccc(C)cc2)C1=O. The smallest absolute Gasteiger partial charge is 0.293 e. The normalized spacial score (nSPS) is 14.9. The summed E-state index contributed by atoms with van der Waals surface area (Å²) in [4.78, 5) is 26.6. The molecule has 1 heterocycles. The number of methoxy groups -OCH3 is 3. The van der Waals surface area contributed by atoms with Crippen molar-refractivity contribution in [2.24, 2.45) is 0 Å². The van der Waals surface area contributed by atoms with Crippen LogP contribution in [0.15, 0.2) is 41.3 Å². The molecule has 2 aromatic carbocycles. The highest BCUT2D eigenvalue weighted by Crippen LogP contribution is 2.38. The van der Waals surface area contributed by atoms with Gasteiger partial charge in [-0.05, 0) is 43.0 Å². The molecule has 0 bridgehead atoms. The first-order valence-corrected chi connectivity index (χ1v) is 10.0. The predicted molar refractivity (Wildman–Crippen MR) is 115 cm³/mol. The minimum atomic E-state index is -0.366. The Bertz CT molecular complexity index is 970. The maximum Gasteiger partial charge on any atom is 0.293 e. The van der Waals surface area contributed by atoms with E-state index in [0.717, 1.165) is 17.3 Å². The van der Waals surface area contributed by atoms with E-state index in [-0.39, 0.29) is 24.3 Å². The summed E-state index contributed by atoms with van der Waals surface area (Å²) in [6.07, 6.45) is 1.62. The maximum atomic E-state index is 12.7. The van der Waals surface area contributed by atoms with Gasteiger partial charge < -0.3 is 18.9 Å². The van der Waals surface area contributed by atoms with Gasteiger partial charge in [-0.25, -0.2) is 0 Å². The van der Waals surface area contributed by atoms with Crippen molar-refractivity contribution in [1.29, 1.82) is 0 Å². The number of benzene rings is 2. The minimum absolute atomic E-state index is 0.166. The van der Waals surface area contributed by atoms with Crippen molar-refractivity contribution in [2.45, 2.75) is 6.92 Å².